The molecule has 0 spiro atoms. The van der Waals surface area contributed by atoms with Gasteiger partial charge in [0.05, 0.1) is 0 Å². The van der Waals surface area contributed by atoms with Gasteiger partial charge >= 0.3 is 0 Å². The van der Waals surface area contributed by atoms with E-state index in [-0.39, 0.29) is 5.82 Å². The van der Waals surface area contributed by atoms with E-state index in [9.17, 15) is 4.39 Å². The van der Waals surface area contributed by atoms with Crippen LogP contribution >= 0.6 is 0 Å². The Morgan fingerprint density at radius 3 is 2.64 bits per heavy atom. The molecule has 0 aromatic heterocycles. The van der Waals surface area contributed by atoms with Crippen LogP contribution in [0, 0.1) is 5.82 Å². The van der Waals surface area contributed by atoms with Gasteiger partial charge in [0.1, 0.15) is 18.2 Å². The Kier molecular flexibility index (Phi) is 7.50. The molecular formula is C20H24FN3O. The van der Waals surface area contributed by atoms with Gasteiger partial charge in [0.25, 0.3) is 0 Å². The molecule has 0 heterocycles. The van der Waals surface area contributed by atoms with Crippen molar-refractivity contribution in [3.63, 3.8) is 0 Å². The summed E-state index contributed by atoms with van der Waals surface area (Å²) in [6.07, 6.45) is 2.51. The lowest BCUT2D eigenvalue weighted by atomic mass is 10.1. The van der Waals surface area contributed by atoms with Crippen LogP contribution in [0.25, 0.3) is 0 Å². The SMILES string of the molecule is C=CCOc1ccccc1CNC(=NC)NCCc1ccc(F)cc1. The maximum atomic E-state index is 12.9. The second-order valence-corrected chi connectivity index (χ2v) is 5.44. The third-order valence-corrected chi connectivity index (χ3v) is 3.62. The Hall–Kier alpha value is -2.82. The number of para-hydroxylation sites is 1. The second kappa shape index (κ2) is 10.1. The number of halogens is 1. The van der Waals surface area contributed by atoms with Gasteiger partial charge in [0.2, 0.25) is 0 Å². The van der Waals surface area contributed by atoms with Gasteiger partial charge in [-0.2, -0.15) is 0 Å². The van der Waals surface area contributed by atoms with E-state index in [0.29, 0.717) is 25.7 Å². The Bertz CT molecular complexity index is 698. The van der Waals surface area contributed by atoms with Gasteiger partial charge < -0.3 is 15.4 Å². The van der Waals surface area contributed by atoms with Crippen LogP contribution in [0.4, 0.5) is 4.39 Å². The highest BCUT2D eigenvalue weighted by molar-refractivity contribution is 5.79. The molecule has 2 rings (SSSR count). The summed E-state index contributed by atoms with van der Waals surface area (Å²) in [5.41, 5.74) is 2.12. The van der Waals surface area contributed by atoms with Gasteiger partial charge in [-0.05, 0) is 30.2 Å². The van der Waals surface area contributed by atoms with Crippen molar-refractivity contribution in [1.29, 1.82) is 0 Å². The van der Waals surface area contributed by atoms with Crippen LogP contribution in [0.15, 0.2) is 66.2 Å². The topological polar surface area (TPSA) is 45.6 Å². The predicted molar refractivity (Wildman–Crippen MR) is 100 cm³/mol. The van der Waals surface area contributed by atoms with Gasteiger partial charge in [-0.1, -0.05) is 43.0 Å². The molecule has 0 unspecified atom stereocenters. The molecule has 2 aromatic carbocycles. The summed E-state index contributed by atoms with van der Waals surface area (Å²) >= 11 is 0. The van der Waals surface area contributed by atoms with E-state index in [0.717, 1.165) is 23.3 Å². The summed E-state index contributed by atoms with van der Waals surface area (Å²) in [7, 11) is 1.73. The first kappa shape index (κ1) is 18.5. The first-order valence-corrected chi connectivity index (χ1v) is 8.23. The van der Waals surface area contributed by atoms with Crippen molar-refractivity contribution in [3.05, 3.63) is 78.1 Å². The quantitative estimate of drug-likeness (QED) is 0.440. The largest absolute Gasteiger partial charge is 0.489 e. The van der Waals surface area contributed by atoms with E-state index in [2.05, 4.69) is 22.2 Å². The van der Waals surface area contributed by atoms with Gasteiger partial charge in [-0.3, -0.25) is 4.99 Å². The molecule has 0 atom stereocenters. The number of rotatable bonds is 8. The zero-order valence-corrected chi connectivity index (χ0v) is 14.5. The number of guanidine groups is 1. The fraction of sp³-hybridized carbons (Fsp3) is 0.250. The van der Waals surface area contributed by atoms with Crippen LogP contribution in [0.5, 0.6) is 5.75 Å². The number of ether oxygens (including phenoxy) is 1. The highest BCUT2D eigenvalue weighted by atomic mass is 19.1. The van der Waals surface area contributed by atoms with Gasteiger partial charge in [-0.25, -0.2) is 4.39 Å². The summed E-state index contributed by atoms with van der Waals surface area (Å²) in [6.45, 7) is 5.45. The first-order chi connectivity index (χ1) is 12.2. The lowest BCUT2D eigenvalue weighted by molar-refractivity contribution is 0.358. The summed E-state index contributed by atoms with van der Waals surface area (Å²) in [5.74, 6) is 1.32. The lowest BCUT2D eigenvalue weighted by Gasteiger charge is -2.14. The summed E-state index contributed by atoms with van der Waals surface area (Å²) in [5, 5.41) is 6.52. The molecule has 0 radical (unpaired) electrons. The zero-order chi connectivity index (χ0) is 17.9. The molecule has 4 nitrogen and oxygen atoms in total. The van der Waals surface area contributed by atoms with E-state index in [1.54, 1.807) is 25.3 Å². The molecule has 0 saturated heterocycles. The van der Waals surface area contributed by atoms with Crippen molar-refractivity contribution < 1.29 is 9.13 Å². The standard InChI is InChI=1S/C20H24FN3O/c1-3-14-25-19-7-5-4-6-17(19)15-24-20(22-2)23-13-12-16-8-10-18(21)11-9-16/h3-11H,1,12-15H2,2H3,(H2,22,23,24). The Labute approximate surface area is 148 Å². The molecular weight excluding hydrogens is 317 g/mol. The molecule has 5 heteroatoms. The number of hydrogen-bond donors (Lipinski definition) is 2. The molecule has 25 heavy (non-hydrogen) atoms. The fourth-order valence-corrected chi connectivity index (χ4v) is 2.32. The van der Waals surface area contributed by atoms with Gasteiger partial charge in [0, 0.05) is 25.7 Å². The average molecular weight is 341 g/mol. The maximum Gasteiger partial charge on any atom is 0.191 e. The Balaban J connectivity index is 1.82. The third kappa shape index (κ3) is 6.30. The molecule has 0 fully saturated rings. The highest BCUT2D eigenvalue weighted by Gasteiger charge is 2.04. The van der Waals surface area contributed by atoms with E-state index in [1.165, 1.54) is 12.1 Å². The first-order valence-electron chi connectivity index (χ1n) is 8.23. The smallest absolute Gasteiger partial charge is 0.191 e. The average Bonchev–Trinajstić information content (AvgIpc) is 2.65. The molecule has 0 aliphatic carbocycles. The normalized spacial score (nSPS) is 11.0. The van der Waals surface area contributed by atoms with Gasteiger partial charge in [0.15, 0.2) is 5.96 Å². The fourth-order valence-electron chi connectivity index (χ4n) is 2.32. The van der Waals surface area contributed by atoms with Crippen LogP contribution in [-0.2, 0) is 13.0 Å². The molecule has 0 bridgehead atoms. The van der Waals surface area contributed by atoms with E-state index >= 15 is 0 Å². The van der Waals surface area contributed by atoms with Crippen molar-refractivity contribution in [2.75, 3.05) is 20.2 Å². The molecule has 0 aliphatic heterocycles. The summed E-state index contributed by atoms with van der Waals surface area (Å²) in [4.78, 5) is 4.22. The van der Waals surface area contributed by atoms with Crippen molar-refractivity contribution in [1.82, 2.24) is 10.6 Å². The van der Waals surface area contributed by atoms with Crippen LogP contribution in [0.2, 0.25) is 0 Å². The van der Waals surface area contributed by atoms with Crippen LogP contribution in [0.3, 0.4) is 0 Å². The van der Waals surface area contributed by atoms with Crippen LogP contribution < -0.4 is 15.4 Å². The van der Waals surface area contributed by atoms with Crippen molar-refractivity contribution >= 4 is 5.96 Å². The van der Waals surface area contributed by atoms with E-state index < -0.39 is 0 Å². The monoisotopic (exact) mass is 341 g/mol. The Morgan fingerprint density at radius 2 is 1.92 bits per heavy atom. The minimum atomic E-state index is -0.216. The Morgan fingerprint density at radius 1 is 1.16 bits per heavy atom. The van der Waals surface area contributed by atoms with Crippen molar-refractivity contribution in [2.45, 2.75) is 13.0 Å². The second-order valence-electron chi connectivity index (χ2n) is 5.44. The predicted octanol–water partition coefficient (Wildman–Crippen LogP) is 3.30. The molecule has 132 valence electrons. The third-order valence-electron chi connectivity index (χ3n) is 3.62. The molecule has 2 N–H and O–H groups in total. The van der Waals surface area contributed by atoms with Crippen LogP contribution in [0.1, 0.15) is 11.1 Å². The number of aliphatic imine (C=N–C) groups is 1. The number of nitrogens with one attached hydrogen (secondary N) is 2. The summed E-state index contributed by atoms with van der Waals surface area (Å²) in [6, 6.07) is 14.4. The van der Waals surface area contributed by atoms with Crippen LogP contribution in [-0.4, -0.2) is 26.2 Å². The highest BCUT2D eigenvalue weighted by Crippen LogP contribution is 2.17. The van der Waals surface area contributed by atoms with Gasteiger partial charge in [-0.15, -0.1) is 0 Å². The maximum absolute atomic E-state index is 12.9. The number of hydrogen-bond acceptors (Lipinski definition) is 2. The zero-order valence-electron chi connectivity index (χ0n) is 14.5. The minimum Gasteiger partial charge on any atom is -0.489 e. The lowest BCUT2D eigenvalue weighted by Crippen LogP contribution is -2.37. The molecule has 2 aromatic rings. The van der Waals surface area contributed by atoms with E-state index in [1.807, 2.05) is 24.3 Å². The van der Waals surface area contributed by atoms with E-state index in [4.69, 9.17) is 4.74 Å². The minimum absolute atomic E-state index is 0.216. The number of nitrogens with zero attached hydrogens (tertiary/aromatic N) is 1. The van der Waals surface area contributed by atoms with Crippen molar-refractivity contribution in [3.8, 4) is 5.75 Å². The molecule has 0 saturated carbocycles. The molecule has 0 aliphatic rings. The summed E-state index contributed by atoms with van der Waals surface area (Å²) < 4.78 is 18.6. The number of benzene rings is 2. The molecule has 0 amide bonds. The van der Waals surface area contributed by atoms with Crippen molar-refractivity contribution in [2.24, 2.45) is 4.99 Å².